The number of hydrogen-bond donors (Lipinski definition) is 2. The second-order valence-corrected chi connectivity index (χ2v) is 4.76. The molecule has 1 heterocycles. The Bertz CT molecular complexity index is 434. The van der Waals surface area contributed by atoms with Crippen molar-refractivity contribution >= 4 is 11.6 Å². The molecule has 0 bridgehead atoms. The van der Waals surface area contributed by atoms with E-state index in [4.69, 9.17) is 5.84 Å². The summed E-state index contributed by atoms with van der Waals surface area (Å²) in [6.07, 6.45) is -2.91. The second-order valence-electron chi connectivity index (χ2n) is 4.76. The van der Waals surface area contributed by atoms with Crippen LogP contribution in [0.5, 0.6) is 0 Å². The molecule has 20 heavy (non-hydrogen) atoms. The van der Waals surface area contributed by atoms with Crippen molar-refractivity contribution in [2.24, 2.45) is 5.84 Å². The van der Waals surface area contributed by atoms with Crippen molar-refractivity contribution in [1.82, 2.24) is 9.97 Å². The summed E-state index contributed by atoms with van der Waals surface area (Å²) < 4.78 is 38.0. The number of nitrogens with one attached hydrogen (secondary N) is 1. The number of aromatic nitrogens is 2. The predicted octanol–water partition coefficient (Wildman–Crippen LogP) is 2.49. The molecule has 1 aromatic rings. The molecule has 0 aliphatic carbocycles. The summed E-state index contributed by atoms with van der Waals surface area (Å²) in [4.78, 5) is 9.50. The first-order chi connectivity index (χ1) is 9.26. The van der Waals surface area contributed by atoms with E-state index in [0.717, 1.165) is 6.42 Å². The number of anilines is 2. The van der Waals surface area contributed by atoms with E-state index in [2.05, 4.69) is 15.4 Å². The lowest BCUT2D eigenvalue weighted by atomic mass is 10.3. The highest BCUT2D eigenvalue weighted by molar-refractivity contribution is 5.49. The van der Waals surface area contributed by atoms with Crippen LogP contribution in [0.15, 0.2) is 6.07 Å². The minimum Gasteiger partial charge on any atom is -0.345 e. The lowest BCUT2D eigenvalue weighted by Crippen LogP contribution is -2.40. The maximum Gasteiger partial charge on any atom is 0.405 e. The number of nitrogen functional groups attached to an aromatic ring is 1. The normalized spacial score (nSPS) is 11.8. The number of aryl methyl sites for hydroxylation is 1. The minimum atomic E-state index is -4.30. The Morgan fingerprint density at radius 1 is 1.35 bits per heavy atom. The van der Waals surface area contributed by atoms with Crippen LogP contribution in [0.2, 0.25) is 0 Å². The molecule has 0 radical (unpaired) electrons. The monoisotopic (exact) mass is 291 g/mol. The number of nitrogens with zero attached hydrogens (tertiary/aromatic N) is 3. The van der Waals surface area contributed by atoms with E-state index in [0.29, 0.717) is 18.1 Å². The van der Waals surface area contributed by atoms with Gasteiger partial charge in [-0.05, 0) is 20.3 Å². The van der Waals surface area contributed by atoms with Crippen molar-refractivity contribution in [3.63, 3.8) is 0 Å². The van der Waals surface area contributed by atoms with Gasteiger partial charge in [0.05, 0.1) is 0 Å². The Balaban J connectivity index is 3.14. The molecule has 1 rings (SSSR count). The summed E-state index contributed by atoms with van der Waals surface area (Å²) in [7, 11) is 0. The van der Waals surface area contributed by atoms with Gasteiger partial charge in [-0.15, -0.1) is 0 Å². The van der Waals surface area contributed by atoms with Gasteiger partial charge in [-0.2, -0.15) is 13.2 Å². The molecule has 0 atom stereocenters. The van der Waals surface area contributed by atoms with Crippen LogP contribution in [0.25, 0.3) is 0 Å². The zero-order valence-electron chi connectivity index (χ0n) is 11.8. The van der Waals surface area contributed by atoms with Gasteiger partial charge in [0, 0.05) is 18.5 Å². The van der Waals surface area contributed by atoms with Gasteiger partial charge in [0.15, 0.2) is 0 Å². The first-order valence-corrected chi connectivity index (χ1v) is 6.44. The van der Waals surface area contributed by atoms with Gasteiger partial charge in [0.1, 0.15) is 24.0 Å². The number of rotatable bonds is 6. The molecular weight excluding hydrogens is 271 g/mol. The van der Waals surface area contributed by atoms with E-state index >= 15 is 0 Å². The lowest BCUT2D eigenvalue weighted by Gasteiger charge is -2.29. The topological polar surface area (TPSA) is 67.1 Å². The number of nitrogens with two attached hydrogens (primary N) is 1. The largest absolute Gasteiger partial charge is 0.405 e. The number of hydrogen-bond acceptors (Lipinski definition) is 5. The quantitative estimate of drug-likeness (QED) is 0.622. The van der Waals surface area contributed by atoms with E-state index in [9.17, 15) is 13.2 Å². The van der Waals surface area contributed by atoms with Crippen molar-refractivity contribution in [2.45, 2.75) is 45.8 Å². The fourth-order valence-electron chi connectivity index (χ4n) is 1.76. The lowest BCUT2D eigenvalue weighted by molar-refractivity contribution is -0.120. The highest BCUT2D eigenvalue weighted by Crippen LogP contribution is 2.24. The summed E-state index contributed by atoms with van der Waals surface area (Å²) in [5, 5.41) is 0. The third-order valence-corrected chi connectivity index (χ3v) is 2.65. The zero-order valence-corrected chi connectivity index (χ0v) is 11.8. The van der Waals surface area contributed by atoms with Crippen molar-refractivity contribution in [3.05, 3.63) is 11.9 Å². The fourth-order valence-corrected chi connectivity index (χ4v) is 1.76. The fraction of sp³-hybridized carbons (Fsp3) is 0.667. The molecule has 0 spiro atoms. The summed E-state index contributed by atoms with van der Waals surface area (Å²) in [6, 6.07) is 1.08. The van der Waals surface area contributed by atoms with Gasteiger partial charge in [0.2, 0.25) is 0 Å². The van der Waals surface area contributed by atoms with E-state index < -0.39 is 12.7 Å². The van der Waals surface area contributed by atoms with Gasteiger partial charge in [0.25, 0.3) is 0 Å². The third kappa shape index (κ3) is 4.84. The number of halogens is 3. The molecule has 0 aromatic carbocycles. The SMILES string of the molecule is CCCc1nc(NN)cc(N(CC(F)(F)F)C(C)C)n1. The Kier molecular flexibility index (Phi) is 5.55. The molecule has 0 aliphatic heterocycles. The van der Waals surface area contributed by atoms with Crippen LogP contribution in [0.3, 0.4) is 0 Å². The van der Waals surface area contributed by atoms with Gasteiger partial charge in [-0.3, -0.25) is 0 Å². The van der Waals surface area contributed by atoms with E-state index in [1.807, 2.05) is 6.92 Å². The average molecular weight is 291 g/mol. The summed E-state index contributed by atoms with van der Waals surface area (Å²) in [5.41, 5.74) is 2.36. The van der Waals surface area contributed by atoms with Crippen LogP contribution in [0, 0.1) is 0 Å². The van der Waals surface area contributed by atoms with E-state index in [1.165, 1.54) is 11.0 Å². The minimum absolute atomic E-state index is 0.226. The van der Waals surface area contributed by atoms with Crippen molar-refractivity contribution in [2.75, 3.05) is 16.9 Å². The average Bonchev–Trinajstić information content (AvgIpc) is 2.34. The summed E-state index contributed by atoms with van der Waals surface area (Å²) >= 11 is 0. The van der Waals surface area contributed by atoms with Gasteiger partial charge in [-0.25, -0.2) is 15.8 Å². The Hall–Kier alpha value is -1.57. The van der Waals surface area contributed by atoms with Gasteiger partial charge < -0.3 is 10.3 Å². The molecule has 5 nitrogen and oxygen atoms in total. The smallest absolute Gasteiger partial charge is 0.345 e. The molecule has 114 valence electrons. The van der Waals surface area contributed by atoms with Crippen molar-refractivity contribution < 1.29 is 13.2 Å². The second kappa shape index (κ2) is 6.74. The Labute approximate surface area is 116 Å². The molecule has 0 aliphatic rings. The summed E-state index contributed by atoms with van der Waals surface area (Å²) in [5.74, 6) is 6.32. The van der Waals surface area contributed by atoms with Crippen LogP contribution >= 0.6 is 0 Å². The first-order valence-electron chi connectivity index (χ1n) is 6.44. The molecule has 8 heteroatoms. The third-order valence-electron chi connectivity index (χ3n) is 2.65. The zero-order chi connectivity index (χ0) is 15.3. The van der Waals surface area contributed by atoms with Crippen LogP contribution in [0.1, 0.15) is 33.0 Å². The van der Waals surface area contributed by atoms with Crippen LogP contribution in [0.4, 0.5) is 24.8 Å². The maximum atomic E-state index is 12.7. The van der Waals surface area contributed by atoms with Crippen LogP contribution in [-0.2, 0) is 6.42 Å². The molecule has 0 fully saturated rings. The van der Waals surface area contributed by atoms with Crippen LogP contribution < -0.4 is 16.2 Å². The molecule has 0 saturated carbocycles. The predicted molar refractivity (Wildman–Crippen MR) is 72.4 cm³/mol. The molecule has 0 saturated heterocycles. The van der Waals surface area contributed by atoms with Crippen molar-refractivity contribution in [1.29, 1.82) is 0 Å². The molecular formula is C12H20F3N5. The highest BCUT2D eigenvalue weighted by Gasteiger charge is 2.32. The standard InChI is InChI=1S/C12H20F3N5/c1-4-5-9-17-10(19-16)6-11(18-9)20(8(2)3)7-12(13,14)15/h6,8H,4-5,7,16H2,1-3H3,(H,17,18,19). The molecule has 0 amide bonds. The number of alkyl halides is 3. The van der Waals surface area contributed by atoms with E-state index in [-0.39, 0.29) is 11.9 Å². The Morgan fingerprint density at radius 3 is 2.45 bits per heavy atom. The molecule has 0 unspecified atom stereocenters. The summed E-state index contributed by atoms with van der Waals surface area (Å²) in [6.45, 7) is 4.25. The van der Waals surface area contributed by atoms with Gasteiger partial charge >= 0.3 is 6.18 Å². The molecule has 3 N–H and O–H groups in total. The van der Waals surface area contributed by atoms with Crippen molar-refractivity contribution in [3.8, 4) is 0 Å². The Morgan fingerprint density at radius 2 is 2.00 bits per heavy atom. The molecule has 1 aromatic heterocycles. The maximum absolute atomic E-state index is 12.7. The van der Waals surface area contributed by atoms with E-state index in [1.54, 1.807) is 13.8 Å². The highest BCUT2D eigenvalue weighted by atomic mass is 19.4. The van der Waals surface area contributed by atoms with Gasteiger partial charge in [-0.1, -0.05) is 6.92 Å². The number of hydrazine groups is 1. The van der Waals surface area contributed by atoms with Crippen LogP contribution in [-0.4, -0.2) is 28.7 Å². The first kappa shape index (κ1) is 16.5.